The fourth-order valence-corrected chi connectivity index (χ4v) is 5.86. The summed E-state index contributed by atoms with van der Waals surface area (Å²) in [5.74, 6) is 0. The van der Waals surface area contributed by atoms with Crippen LogP contribution < -0.4 is 0 Å². The summed E-state index contributed by atoms with van der Waals surface area (Å²) in [6, 6.07) is 3.94. The lowest BCUT2D eigenvalue weighted by Gasteiger charge is -2.38. The van der Waals surface area contributed by atoms with Crippen LogP contribution in [0, 0.1) is 0 Å². The summed E-state index contributed by atoms with van der Waals surface area (Å²) in [6.45, 7) is 39.9. The fraction of sp³-hybridized carbons (Fsp3) is 1.00. The van der Waals surface area contributed by atoms with Crippen LogP contribution in [0.1, 0.15) is 135 Å². The zero-order valence-corrected chi connectivity index (χ0v) is 27.7. The van der Waals surface area contributed by atoms with E-state index in [1.807, 2.05) is 0 Å². The second kappa shape index (κ2) is 22.8. The molecule has 0 aliphatic rings. The van der Waals surface area contributed by atoms with Gasteiger partial charge in [0.05, 0.1) is 0 Å². The van der Waals surface area contributed by atoms with E-state index in [0.29, 0.717) is 30.2 Å². The van der Waals surface area contributed by atoms with Gasteiger partial charge < -0.3 is 9.80 Å². The lowest BCUT2D eigenvalue weighted by Crippen LogP contribution is -2.46. The standard InChI is InChI=1S/2C16H36N2/c1-12(2)17(13(3)4)11-10-16(9)18(14(5)6)15(7)8;1-6-11-17(12-7-2)15-10-16(5)18(13-8-3)14-9-4/h12-16H,10-11H2,1-9H3;16H,6-15H2,1-5H3. The van der Waals surface area contributed by atoms with Crippen LogP contribution in [-0.2, 0) is 0 Å². The first-order valence-electron chi connectivity index (χ1n) is 15.9. The van der Waals surface area contributed by atoms with Crippen LogP contribution in [0.3, 0.4) is 0 Å². The third-order valence-corrected chi connectivity index (χ3v) is 7.42. The minimum Gasteiger partial charge on any atom is -0.303 e. The summed E-state index contributed by atoms with van der Waals surface area (Å²) in [6.07, 6.45) is 7.69. The molecular weight excluding hydrogens is 440 g/mol. The molecule has 0 aromatic rings. The average Bonchev–Trinajstić information content (AvgIpc) is 2.77. The van der Waals surface area contributed by atoms with Gasteiger partial charge in [-0.15, -0.1) is 0 Å². The van der Waals surface area contributed by atoms with E-state index in [9.17, 15) is 0 Å². The van der Waals surface area contributed by atoms with Crippen molar-refractivity contribution in [2.45, 2.75) is 172 Å². The predicted octanol–water partition coefficient (Wildman–Crippen LogP) is 8.01. The second-order valence-electron chi connectivity index (χ2n) is 12.2. The van der Waals surface area contributed by atoms with Gasteiger partial charge in [-0.1, -0.05) is 27.7 Å². The van der Waals surface area contributed by atoms with Gasteiger partial charge in [0.2, 0.25) is 0 Å². The van der Waals surface area contributed by atoms with E-state index >= 15 is 0 Å². The Bertz CT molecular complexity index is 435. The van der Waals surface area contributed by atoms with Crippen molar-refractivity contribution in [3.8, 4) is 0 Å². The maximum Gasteiger partial charge on any atom is 0.00845 e. The minimum absolute atomic E-state index is 0.631. The molecule has 0 aliphatic carbocycles. The molecule has 0 aromatic carbocycles. The van der Waals surface area contributed by atoms with E-state index in [0.717, 1.165) is 6.04 Å². The minimum atomic E-state index is 0.631. The molecule has 0 amide bonds. The smallest absolute Gasteiger partial charge is 0.00845 e. The lowest BCUT2D eigenvalue weighted by atomic mass is 10.1. The molecule has 0 radical (unpaired) electrons. The molecule has 0 saturated heterocycles. The van der Waals surface area contributed by atoms with Crippen molar-refractivity contribution in [1.82, 2.24) is 19.6 Å². The maximum atomic E-state index is 2.66. The molecular formula is C32H72N4. The van der Waals surface area contributed by atoms with E-state index in [1.165, 1.54) is 77.8 Å². The van der Waals surface area contributed by atoms with Crippen molar-refractivity contribution >= 4 is 0 Å². The van der Waals surface area contributed by atoms with Gasteiger partial charge in [-0.2, -0.15) is 0 Å². The summed E-state index contributed by atoms with van der Waals surface area (Å²) in [7, 11) is 0. The Morgan fingerprint density at radius 2 is 0.806 bits per heavy atom. The molecule has 0 rings (SSSR count). The van der Waals surface area contributed by atoms with Crippen molar-refractivity contribution < 1.29 is 0 Å². The molecule has 4 heteroatoms. The highest BCUT2D eigenvalue weighted by molar-refractivity contribution is 4.77. The topological polar surface area (TPSA) is 13.0 Å². The highest BCUT2D eigenvalue weighted by Crippen LogP contribution is 2.15. The van der Waals surface area contributed by atoms with Gasteiger partial charge in [0.1, 0.15) is 0 Å². The summed E-state index contributed by atoms with van der Waals surface area (Å²) in [5, 5.41) is 0. The van der Waals surface area contributed by atoms with Crippen LogP contribution in [-0.4, -0.2) is 95.1 Å². The SMILES string of the molecule is CC(C)N(CCC(C)N(C(C)C)C(C)C)C(C)C.CCCN(CCC)CCC(C)N(CCC)CCC. The van der Waals surface area contributed by atoms with Crippen LogP contribution in [0.5, 0.6) is 0 Å². The van der Waals surface area contributed by atoms with Gasteiger partial charge in [0.25, 0.3) is 0 Å². The molecule has 36 heavy (non-hydrogen) atoms. The highest BCUT2D eigenvalue weighted by atomic mass is 15.2. The van der Waals surface area contributed by atoms with E-state index in [2.05, 4.69) is 117 Å². The van der Waals surface area contributed by atoms with E-state index in [4.69, 9.17) is 0 Å². The first kappa shape index (κ1) is 38.0. The number of nitrogens with zero attached hydrogens (tertiary/aromatic N) is 4. The summed E-state index contributed by atoms with van der Waals surface area (Å²) >= 11 is 0. The molecule has 0 bridgehead atoms. The van der Waals surface area contributed by atoms with Gasteiger partial charge in [-0.25, -0.2) is 0 Å². The maximum absolute atomic E-state index is 2.66. The molecule has 0 N–H and O–H groups in total. The third-order valence-electron chi connectivity index (χ3n) is 7.42. The Hall–Kier alpha value is -0.160. The van der Waals surface area contributed by atoms with Gasteiger partial charge in [-0.05, 0) is 140 Å². The Morgan fingerprint density at radius 3 is 1.14 bits per heavy atom. The summed E-state index contributed by atoms with van der Waals surface area (Å²) in [4.78, 5) is 10.5. The first-order valence-corrected chi connectivity index (χ1v) is 15.9. The number of rotatable bonds is 20. The average molecular weight is 513 g/mol. The first-order chi connectivity index (χ1) is 16.9. The number of hydrogen-bond donors (Lipinski definition) is 0. The van der Waals surface area contributed by atoms with E-state index in [-0.39, 0.29) is 0 Å². The molecule has 0 spiro atoms. The quantitative estimate of drug-likeness (QED) is 0.164. The van der Waals surface area contributed by atoms with Crippen molar-refractivity contribution in [3.63, 3.8) is 0 Å². The molecule has 220 valence electrons. The molecule has 2 unspecified atom stereocenters. The summed E-state index contributed by atoms with van der Waals surface area (Å²) < 4.78 is 0. The van der Waals surface area contributed by atoms with Crippen molar-refractivity contribution in [3.05, 3.63) is 0 Å². The lowest BCUT2D eigenvalue weighted by molar-refractivity contribution is 0.0936. The summed E-state index contributed by atoms with van der Waals surface area (Å²) in [5.41, 5.74) is 0. The van der Waals surface area contributed by atoms with E-state index in [1.54, 1.807) is 0 Å². The van der Waals surface area contributed by atoms with Crippen LogP contribution in [0.4, 0.5) is 0 Å². The van der Waals surface area contributed by atoms with Crippen molar-refractivity contribution in [2.75, 3.05) is 39.3 Å². The molecule has 2 atom stereocenters. The molecule has 0 saturated carbocycles. The van der Waals surface area contributed by atoms with Gasteiger partial charge >= 0.3 is 0 Å². The Balaban J connectivity index is 0. The molecule has 0 heterocycles. The van der Waals surface area contributed by atoms with Crippen LogP contribution in [0.25, 0.3) is 0 Å². The zero-order chi connectivity index (χ0) is 28.3. The zero-order valence-electron chi connectivity index (χ0n) is 27.7. The second-order valence-corrected chi connectivity index (χ2v) is 12.2. The van der Waals surface area contributed by atoms with Crippen molar-refractivity contribution in [1.29, 1.82) is 0 Å². The molecule has 0 fully saturated rings. The third kappa shape index (κ3) is 17.4. The number of hydrogen-bond acceptors (Lipinski definition) is 4. The van der Waals surface area contributed by atoms with Crippen LogP contribution in [0.2, 0.25) is 0 Å². The highest BCUT2D eigenvalue weighted by Gasteiger charge is 2.22. The molecule has 4 nitrogen and oxygen atoms in total. The fourth-order valence-electron chi connectivity index (χ4n) is 5.86. The predicted molar refractivity (Wildman–Crippen MR) is 166 cm³/mol. The Kier molecular flexibility index (Phi) is 24.1. The van der Waals surface area contributed by atoms with Crippen molar-refractivity contribution in [2.24, 2.45) is 0 Å². The monoisotopic (exact) mass is 513 g/mol. The molecule has 0 aliphatic heterocycles. The Labute approximate surface area is 230 Å². The molecule has 0 aromatic heterocycles. The normalized spacial score (nSPS) is 14.2. The van der Waals surface area contributed by atoms with Crippen LogP contribution in [0.15, 0.2) is 0 Å². The van der Waals surface area contributed by atoms with Gasteiger partial charge in [0, 0.05) is 42.8 Å². The van der Waals surface area contributed by atoms with Gasteiger partial charge in [-0.3, -0.25) is 9.80 Å². The van der Waals surface area contributed by atoms with Crippen LogP contribution >= 0.6 is 0 Å². The Morgan fingerprint density at radius 1 is 0.417 bits per heavy atom. The largest absolute Gasteiger partial charge is 0.303 e. The van der Waals surface area contributed by atoms with E-state index < -0.39 is 0 Å². The van der Waals surface area contributed by atoms with Gasteiger partial charge in [0.15, 0.2) is 0 Å².